The van der Waals surface area contributed by atoms with E-state index in [1.54, 1.807) is 4.90 Å². The van der Waals surface area contributed by atoms with Crippen molar-refractivity contribution in [3.8, 4) is 0 Å². The molecule has 1 saturated carbocycles. The predicted molar refractivity (Wildman–Crippen MR) is 113 cm³/mol. The van der Waals surface area contributed by atoms with E-state index in [1.165, 1.54) is 6.20 Å². The summed E-state index contributed by atoms with van der Waals surface area (Å²) in [5.74, 6) is -3.26. The number of anilines is 1. The van der Waals surface area contributed by atoms with Crippen molar-refractivity contribution in [3.05, 3.63) is 30.0 Å². The molecule has 172 valence electrons. The molecule has 10 heteroatoms. The molecule has 2 unspecified atom stereocenters. The van der Waals surface area contributed by atoms with Crippen LogP contribution in [0.3, 0.4) is 0 Å². The van der Waals surface area contributed by atoms with Crippen LogP contribution in [0.15, 0.2) is 18.3 Å². The molecular formula is C22H26F2N4O4. The minimum atomic E-state index is -1.05. The van der Waals surface area contributed by atoms with E-state index in [1.807, 2.05) is 20.8 Å². The van der Waals surface area contributed by atoms with Gasteiger partial charge in [-0.3, -0.25) is 9.59 Å². The summed E-state index contributed by atoms with van der Waals surface area (Å²) in [6, 6.07) is 1.78. The van der Waals surface area contributed by atoms with Gasteiger partial charge in [-0.2, -0.15) is 0 Å². The number of carbonyl (C=O) groups excluding carboxylic acids is 3. The Morgan fingerprint density at radius 2 is 1.69 bits per heavy atom. The minimum absolute atomic E-state index is 0.168. The number of ether oxygens (including phenoxy) is 1. The molecule has 1 aliphatic heterocycles. The fourth-order valence-electron chi connectivity index (χ4n) is 4.54. The van der Waals surface area contributed by atoms with E-state index < -0.39 is 29.0 Å². The van der Waals surface area contributed by atoms with Gasteiger partial charge in [0.1, 0.15) is 5.60 Å². The van der Waals surface area contributed by atoms with Crippen molar-refractivity contribution in [3.63, 3.8) is 0 Å². The Balaban J connectivity index is 1.30. The van der Waals surface area contributed by atoms with Gasteiger partial charge in [-0.05, 0) is 51.5 Å². The van der Waals surface area contributed by atoms with Gasteiger partial charge in [0.05, 0.1) is 11.2 Å². The molecule has 0 bridgehead atoms. The van der Waals surface area contributed by atoms with Crippen LogP contribution in [0.4, 0.5) is 19.3 Å². The summed E-state index contributed by atoms with van der Waals surface area (Å²) in [5, 5.41) is 5.45. The predicted octanol–water partition coefficient (Wildman–Crippen LogP) is 3.15. The standard InChI is InChI=1S/C22H26F2N4O4/c1-22(2,3)32-21(31)28-9-11-4-13(5-12(11)10-28)26-19(29)20(30)27-18-8-25-17-7-16(24)15(23)6-14(17)18/h6-8,11-13,25H,4-5,9-10H2,1-3H3,(H,26,29)(H,27,30). The topological polar surface area (TPSA) is 104 Å². The van der Waals surface area contributed by atoms with Crippen LogP contribution in [0.25, 0.3) is 10.9 Å². The zero-order valence-corrected chi connectivity index (χ0v) is 18.1. The van der Waals surface area contributed by atoms with Gasteiger partial charge in [0.2, 0.25) is 0 Å². The lowest BCUT2D eigenvalue weighted by Gasteiger charge is -2.25. The molecule has 1 aromatic heterocycles. The summed E-state index contributed by atoms with van der Waals surface area (Å²) in [6.07, 6.45) is 2.38. The minimum Gasteiger partial charge on any atom is -0.444 e. The number of nitrogens with zero attached hydrogens (tertiary/aromatic N) is 1. The second-order valence-corrected chi connectivity index (χ2v) is 9.52. The summed E-state index contributed by atoms with van der Waals surface area (Å²) >= 11 is 0. The normalized spacial score (nSPS) is 22.7. The number of hydrogen-bond acceptors (Lipinski definition) is 4. The molecule has 0 spiro atoms. The van der Waals surface area contributed by atoms with Crippen molar-refractivity contribution < 1.29 is 27.9 Å². The number of rotatable bonds is 2. The molecule has 2 fully saturated rings. The molecule has 3 amide bonds. The Hall–Kier alpha value is -3.17. The molecule has 32 heavy (non-hydrogen) atoms. The Morgan fingerprint density at radius 3 is 2.31 bits per heavy atom. The van der Waals surface area contributed by atoms with Gasteiger partial charge in [0.15, 0.2) is 11.6 Å². The van der Waals surface area contributed by atoms with Crippen molar-refractivity contribution in [1.82, 2.24) is 15.2 Å². The number of halogens is 2. The van der Waals surface area contributed by atoms with Gasteiger partial charge in [0, 0.05) is 36.8 Å². The molecule has 8 nitrogen and oxygen atoms in total. The Morgan fingerprint density at radius 1 is 1.06 bits per heavy atom. The third kappa shape index (κ3) is 4.53. The zero-order valence-electron chi connectivity index (χ0n) is 18.1. The number of likely N-dealkylation sites (tertiary alicyclic amines) is 1. The molecule has 1 aliphatic carbocycles. The SMILES string of the molecule is CC(C)(C)OC(=O)N1CC2CC(NC(=O)C(=O)Nc3c[nH]c4cc(F)c(F)cc34)CC2C1. The van der Waals surface area contributed by atoms with E-state index in [0.717, 1.165) is 12.1 Å². The maximum absolute atomic E-state index is 13.5. The van der Waals surface area contributed by atoms with Gasteiger partial charge in [0.25, 0.3) is 0 Å². The fourth-order valence-corrected chi connectivity index (χ4v) is 4.54. The molecule has 2 atom stereocenters. The number of nitrogens with one attached hydrogen (secondary N) is 3. The van der Waals surface area contributed by atoms with Crippen molar-refractivity contribution in [2.45, 2.75) is 45.3 Å². The van der Waals surface area contributed by atoms with Gasteiger partial charge in [-0.15, -0.1) is 0 Å². The van der Waals surface area contributed by atoms with E-state index in [4.69, 9.17) is 4.74 Å². The molecule has 0 radical (unpaired) electrons. The van der Waals surface area contributed by atoms with Crippen LogP contribution >= 0.6 is 0 Å². The number of benzene rings is 1. The molecule has 3 N–H and O–H groups in total. The lowest BCUT2D eigenvalue weighted by atomic mass is 10.0. The summed E-state index contributed by atoms with van der Waals surface area (Å²) in [4.78, 5) is 41.4. The number of carbonyl (C=O) groups is 3. The van der Waals surface area contributed by atoms with Crippen LogP contribution in [0.1, 0.15) is 33.6 Å². The highest BCUT2D eigenvalue weighted by Crippen LogP contribution is 2.38. The van der Waals surface area contributed by atoms with Gasteiger partial charge in [-0.25, -0.2) is 13.6 Å². The first kappa shape index (κ1) is 22.0. The van der Waals surface area contributed by atoms with Gasteiger partial charge < -0.3 is 25.3 Å². The summed E-state index contributed by atoms with van der Waals surface area (Å²) < 4.78 is 32.3. The maximum Gasteiger partial charge on any atom is 0.410 e. The van der Waals surface area contributed by atoms with E-state index in [0.29, 0.717) is 31.4 Å². The second kappa shape index (κ2) is 8.07. The second-order valence-electron chi connectivity index (χ2n) is 9.52. The number of fused-ring (bicyclic) bond motifs is 2. The third-order valence-corrected chi connectivity index (χ3v) is 5.91. The van der Waals surface area contributed by atoms with Crippen LogP contribution in [0.2, 0.25) is 0 Å². The first-order valence-electron chi connectivity index (χ1n) is 10.6. The molecule has 2 heterocycles. The van der Waals surface area contributed by atoms with Crippen LogP contribution in [0.5, 0.6) is 0 Å². The van der Waals surface area contributed by atoms with Crippen LogP contribution in [-0.4, -0.2) is 52.5 Å². The number of hydrogen-bond donors (Lipinski definition) is 3. The molecule has 1 aromatic carbocycles. The molecule has 2 aromatic rings. The molecular weight excluding hydrogens is 422 g/mol. The maximum atomic E-state index is 13.5. The highest BCUT2D eigenvalue weighted by atomic mass is 19.2. The Bertz CT molecular complexity index is 1060. The number of aromatic amines is 1. The summed E-state index contributed by atoms with van der Waals surface area (Å²) in [7, 11) is 0. The highest BCUT2D eigenvalue weighted by molar-refractivity contribution is 6.40. The third-order valence-electron chi connectivity index (χ3n) is 5.91. The van der Waals surface area contributed by atoms with Crippen molar-refractivity contribution in [2.75, 3.05) is 18.4 Å². The van der Waals surface area contributed by atoms with Crippen LogP contribution in [-0.2, 0) is 14.3 Å². The first-order valence-corrected chi connectivity index (χ1v) is 10.6. The Labute approximate surface area is 183 Å². The van der Waals surface area contributed by atoms with E-state index in [-0.39, 0.29) is 35.0 Å². The van der Waals surface area contributed by atoms with Gasteiger partial charge >= 0.3 is 17.9 Å². The summed E-state index contributed by atoms with van der Waals surface area (Å²) in [5.41, 5.74) is -0.0586. The van der Waals surface area contributed by atoms with E-state index >= 15 is 0 Å². The Kier molecular flexibility index (Phi) is 5.56. The number of aromatic nitrogens is 1. The summed E-state index contributed by atoms with van der Waals surface area (Å²) in [6.45, 7) is 6.60. The van der Waals surface area contributed by atoms with Crippen molar-refractivity contribution in [1.29, 1.82) is 0 Å². The lowest BCUT2D eigenvalue weighted by molar-refractivity contribution is -0.136. The van der Waals surface area contributed by atoms with Crippen molar-refractivity contribution in [2.24, 2.45) is 11.8 Å². The van der Waals surface area contributed by atoms with Crippen LogP contribution < -0.4 is 10.6 Å². The van der Waals surface area contributed by atoms with E-state index in [9.17, 15) is 23.2 Å². The molecule has 1 saturated heterocycles. The average Bonchev–Trinajstić information content (AvgIpc) is 3.35. The average molecular weight is 448 g/mol. The molecule has 4 rings (SSSR count). The smallest absolute Gasteiger partial charge is 0.410 e. The van der Waals surface area contributed by atoms with Gasteiger partial charge in [-0.1, -0.05) is 0 Å². The fraction of sp³-hybridized carbons (Fsp3) is 0.500. The number of amides is 3. The van der Waals surface area contributed by atoms with E-state index in [2.05, 4.69) is 15.6 Å². The first-order chi connectivity index (χ1) is 15.0. The lowest BCUT2D eigenvalue weighted by Crippen LogP contribution is -2.42. The highest BCUT2D eigenvalue weighted by Gasteiger charge is 2.44. The van der Waals surface area contributed by atoms with Crippen molar-refractivity contribution >= 4 is 34.5 Å². The zero-order chi connectivity index (χ0) is 23.2. The van der Waals surface area contributed by atoms with Crippen LogP contribution in [0, 0.1) is 23.5 Å². The molecule has 2 aliphatic rings. The largest absolute Gasteiger partial charge is 0.444 e. The quantitative estimate of drug-likeness (QED) is 0.614. The number of H-pyrrole nitrogens is 1. The monoisotopic (exact) mass is 448 g/mol.